The summed E-state index contributed by atoms with van der Waals surface area (Å²) in [6, 6.07) is 0. The summed E-state index contributed by atoms with van der Waals surface area (Å²) in [4.78, 5) is 2.83. The second-order valence-corrected chi connectivity index (χ2v) is 31.1. The van der Waals surface area contributed by atoms with Crippen LogP contribution in [0.1, 0.15) is 6.42 Å². The van der Waals surface area contributed by atoms with Crippen LogP contribution >= 0.6 is 0 Å². The van der Waals surface area contributed by atoms with Gasteiger partial charge in [-0.25, -0.2) is 0 Å². The molecule has 0 aromatic heterocycles. The van der Waals surface area contributed by atoms with Crippen molar-refractivity contribution >= 4 is 0 Å². The Labute approximate surface area is 121 Å². The van der Waals surface area contributed by atoms with Gasteiger partial charge in [0, 0.05) is 0 Å². The number of hydrogen-bond donors (Lipinski definition) is 2. The van der Waals surface area contributed by atoms with Crippen LogP contribution in [0.5, 0.6) is 0 Å². The fourth-order valence-electron chi connectivity index (χ4n) is 1.37. The fourth-order valence-corrected chi connectivity index (χ4v) is 4.60. The van der Waals surface area contributed by atoms with E-state index in [4.69, 9.17) is 0 Å². The van der Waals surface area contributed by atoms with E-state index in [0.717, 1.165) is 0 Å². The van der Waals surface area contributed by atoms with E-state index in [-0.39, 0.29) is 0 Å². The van der Waals surface area contributed by atoms with E-state index >= 15 is 0 Å². The molecule has 0 radical (unpaired) electrons. The summed E-state index contributed by atoms with van der Waals surface area (Å²) in [5.41, 5.74) is 0. The maximum atomic E-state index is 2.48. The Morgan fingerprint density at radius 3 is 1.21 bits per heavy atom. The van der Waals surface area contributed by atoms with Gasteiger partial charge in [-0.1, -0.05) is 0 Å². The minimum atomic E-state index is -2.61. The van der Waals surface area contributed by atoms with Crippen molar-refractivity contribution < 1.29 is 23.8 Å². The van der Waals surface area contributed by atoms with Crippen LogP contribution in [0.3, 0.4) is 0 Å². The molecule has 0 bridgehead atoms. The van der Waals surface area contributed by atoms with Crippen LogP contribution in [0.2, 0.25) is 26.1 Å². The number of allylic oxidation sites excluding steroid dienone is 4. The molecule has 1 aliphatic rings. The van der Waals surface area contributed by atoms with Crippen molar-refractivity contribution in [3.63, 3.8) is 0 Å². The van der Waals surface area contributed by atoms with Crippen molar-refractivity contribution in [1.29, 1.82) is 0 Å². The molecule has 0 unspecified atom stereocenters. The maximum absolute atomic E-state index is 2.61. The molecule has 1 rings (SSSR count). The van der Waals surface area contributed by atoms with Crippen LogP contribution in [-0.2, 0) is 14.0 Å². The molecule has 0 atom stereocenters. The van der Waals surface area contributed by atoms with Gasteiger partial charge in [-0.3, -0.25) is 0 Å². The number of quaternary nitrogens is 2. The molecule has 3 heteroatoms. The first-order valence-corrected chi connectivity index (χ1v) is 16.1. The third-order valence-electron chi connectivity index (χ3n) is 2.38. The van der Waals surface area contributed by atoms with Gasteiger partial charge in [-0.15, -0.1) is 0 Å². The van der Waals surface area contributed by atoms with Crippen molar-refractivity contribution in [2.24, 2.45) is 0 Å². The molecule has 1 aliphatic carbocycles. The van der Waals surface area contributed by atoms with Crippen molar-refractivity contribution in [2.75, 3.05) is 42.3 Å². The van der Waals surface area contributed by atoms with E-state index in [9.17, 15) is 0 Å². The molecule has 0 aromatic rings. The predicted molar refractivity (Wildman–Crippen MR) is 88.6 cm³/mol. The van der Waals surface area contributed by atoms with E-state index in [0.29, 0.717) is 0 Å². The average Bonchev–Trinajstić information content (AvgIpc) is 2.46. The van der Waals surface area contributed by atoms with Gasteiger partial charge >= 0.3 is 68.7 Å². The zero-order valence-electron chi connectivity index (χ0n) is 15.4. The van der Waals surface area contributed by atoms with Gasteiger partial charge in [0.2, 0.25) is 0 Å². The van der Waals surface area contributed by atoms with Crippen LogP contribution in [0.25, 0.3) is 0 Å². The summed E-state index contributed by atoms with van der Waals surface area (Å²) in [7, 11) is 12.5. The third kappa shape index (κ3) is 16.1. The van der Waals surface area contributed by atoms with Crippen LogP contribution in [0.15, 0.2) is 22.1 Å². The third-order valence-corrected chi connectivity index (χ3v) is 7.97. The average molecular weight is 308 g/mol. The topological polar surface area (TPSA) is 8.88 Å². The molecule has 0 amide bonds. The molecule has 0 aromatic carbocycles. The van der Waals surface area contributed by atoms with Gasteiger partial charge in [0.1, 0.15) is 0 Å². The number of hydrogen-bond acceptors (Lipinski definition) is 0. The summed E-state index contributed by atoms with van der Waals surface area (Å²) in [5, 5.41) is 12.4. The molecule has 0 saturated carbocycles. The molecule has 0 heterocycles. The Morgan fingerprint density at radius 1 is 0.789 bits per heavy atom. The number of rotatable bonds is 1. The molecule has 2 N–H and O–H groups in total. The van der Waals surface area contributed by atoms with Gasteiger partial charge in [-0.05, 0) is 0 Å². The second-order valence-electron chi connectivity index (χ2n) is 10.6. The molecule has 118 valence electrons. The van der Waals surface area contributed by atoms with E-state index in [1.54, 1.807) is 3.88 Å². The van der Waals surface area contributed by atoms with Crippen molar-refractivity contribution in [3.05, 3.63) is 22.1 Å². The predicted octanol–water partition coefficient (Wildman–Crippen LogP) is 1.82. The molecule has 2 nitrogen and oxygen atoms in total. The first kappa shape index (κ1) is 21.4. The van der Waals surface area contributed by atoms with Gasteiger partial charge < -0.3 is 9.80 Å². The van der Waals surface area contributed by atoms with Crippen molar-refractivity contribution in [3.8, 4) is 0 Å². The van der Waals surface area contributed by atoms with Gasteiger partial charge in [0.25, 0.3) is 0 Å². The molecule has 0 spiro atoms. The normalized spacial score (nSPS) is 17.8. The molecule has 0 fully saturated rings. The fraction of sp³-hybridized carbons (Fsp3) is 0.750. The van der Waals surface area contributed by atoms with Crippen LogP contribution in [-0.4, -0.2) is 42.3 Å². The monoisotopic (exact) mass is 308 g/mol. The Kier molecular flexibility index (Phi) is 7.57. The molecule has 0 saturated heterocycles. The van der Waals surface area contributed by atoms with Gasteiger partial charge in [0.05, 0.1) is 42.3 Å². The van der Waals surface area contributed by atoms with Crippen LogP contribution < -0.4 is 9.80 Å². The van der Waals surface area contributed by atoms with E-state index in [1.165, 1.54) is 16.2 Å². The van der Waals surface area contributed by atoms with Crippen molar-refractivity contribution in [1.82, 2.24) is 0 Å². The Balaban J connectivity index is 0. The zero-order valence-corrected chi connectivity index (χ0v) is 17.0. The minimum absolute atomic E-state index is 1.20. The summed E-state index contributed by atoms with van der Waals surface area (Å²) in [6.07, 6.45) is 7.98. The summed E-state index contributed by atoms with van der Waals surface area (Å²) < 4.78 is 1.70. The molecular formula is C16H40N2Ti. The number of nitrogens with one attached hydrogen (secondary N) is 2. The summed E-state index contributed by atoms with van der Waals surface area (Å²) in [6.45, 7) is 0. The quantitative estimate of drug-likeness (QED) is 0.684. The molecule has 19 heavy (non-hydrogen) atoms. The Hall–Kier alpha value is 0.114. The standard InChI is InChI=1S/C5H5.2C3H9N.5CH3.Ti/c1-2-4-5-3-1;2*1-4(2)3;;;;;;/h1-3H,4H2;2*1-3H3;5*1H3;/q;;;;;;;;-2/p+2. The SMILES string of the molecule is C[NH+](C)C.C[NH+](C)C.[CH3][Ti-2]([CH3])([CH3])([CH3])([CH3])[C]1=CC=CC1. The van der Waals surface area contributed by atoms with E-state index in [2.05, 4.69) is 86.7 Å². The first-order chi connectivity index (χ1) is 8.06. The summed E-state index contributed by atoms with van der Waals surface area (Å²) >= 11 is -2.61. The Morgan fingerprint density at radius 2 is 1.11 bits per heavy atom. The van der Waals surface area contributed by atoms with Crippen molar-refractivity contribution in [2.45, 2.75) is 32.6 Å². The first-order valence-electron chi connectivity index (χ1n) is 7.47. The van der Waals surface area contributed by atoms with E-state index in [1.807, 2.05) is 0 Å². The van der Waals surface area contributed by atoms with Gasteiger partial charge in [-0.2, -0.15) is 0 Å². The summed E-state index contributed by atoms with van der Waals surface area (Å²) in [5.74, 6) is 0. The molecule has 0 aliphatic heterocycles. The molecular weight excluding hydrogens is 268 g/mol. The zero-order chi connectivity index (χ0) is 16.0. The van der Waals surface area contributed by atoms with E-state index < -0.39 is 14.0 Å². The second kappa shape index (κ2) is 6.71. The van der Waals surface area contributed by atoms with Crippen LogP contribution in [0, 0.1) is 0 Å². The van der Waals surface area contributed by atoms with Gasteiger partial charge in [0.15, 0.2) is 0 Å². The Bertz CT molecular complexity index is 303. The van der Waals surface area contributed by atoms with Crippen LogP contribution in [0.4, 0.5) is 0 Å².